The Morgan fingerprint density at radius 3 is 2.62 bits per heavy atom. The molecule has 1 aliphatic heterocycles. The van der Waals surface area contributed by atoms with Gasteiger partial charge < -0.3 is 30.6 Å². The lowest BCUT2D eigenvalue weighted by Gasteiger charge is -2.27. The molecule has 0 unspecified atom stereocenters. The van der Waals surface area contributed by atoms with Crippen LogP contribution in [-0.4, -0.2) is 58.7 Å². The molecule has 0 amide bonds. The van der Waals surface area contributed by atoms with Crippen LogP contribution in [0, 0.1) is 0 Å². The topological polar surface area (TPSA) is 131 Å². The van der Waals surface area contributed by atoms with Crippen LogP contribution in [0.4, 0.5) is 17.6 Å². The highest BCUT2D eigenvalue weighted by molar-refractivity contribution is 9.13. The average Bonchev–Trinajstić information content (AvgIpc) is 2.86. The maximum Gasteiger partial charge on any atom is 0.232 e. The Labute approximate surface area is 213 Å². The first-order valence-corrected chi connectivity index (χ1v) is 12.1. The van der Waals surface area contributed by atoms with Crippen molar-refractivity contribution in [1.29, 1.82) is 0 Å². The zero-order chi connectivity index (χ0) is 24.1. The highest BCUT2D eigenvalue weighted by Gasteiger charge is 2.26. The van der Waals surface area contributed by atoms with Crippen molar-refractivity contribution in [2.45, 2.75) is 6.92 Å². The maximum absolute atomic E-state index is 11.0. The van der Waals surface area contributed by atoms with Gasteiger partial charge in [-0.1, -0.05) is 18.2 Å². The molecule has 1 aliphatic rings. The first-order valence-electron chi connectivity index (χ1n) is 10.5. The lowest BCUT2D eigenvalue weighted by atomic mass is 10.1. The molecule has 1 aromatic heterocycles. The number of morpholine rings is 1. The van der Waals surface area contributed by atoms with Crippen LogP contribution in [0.25, 0.3) is 0 Å². The van der Waals surface area contributed by atoms with Crippen molar-refractivity contribution in [1.82, 2.24) is 15.0 Å². The van der Waals surface area contributed by atoms with E-state index in [0.717, 1.165) is 5.69 Å². The number of aromatic hydroxyl groups is 1. The fourth-order valence-corrected chi connectivity index (χ4v) is 4.29. The van der Waals surface area contributed by atoms with E-state index in [1.165, 1.54) is 0 Å². The van der Waals surface area contributed by atoms with E-state index in [0.29, 0.717) is 59.3 Å². The molecule has 0 radical (unpaired) electrons. The first-order chi connectivity index (χ1) is 16.5. The summed E-state index contributed by atoms with van der Waals surface area (Å²) in [5.41, 5.74) is 1.27. The summed E-state index contributed by atoms with van der Waals surface area (Å²) in [6, 6.07) is 11.2. The average molecular weight is 593 g/mol. The molecule has 0 aliphatic carbocycles. The normalized spacial score (nSPS) is 14.2. The minimum Gasteiger partial charge on any atom is -0.504 e. The van der Waals surface area contributed by atoms with Gasteiger partial charge in [0.25, 0.3) is 0 Å². The molecule has 2 aromatic carbocycles. The third-order valence-corrected chi connectivity index (χ3v) is 6.96. The summed E-state index contributed by atoms with van der Waals surface area (Å²) in [7, 11) is 0. The largest absolute Gasteiger partial charge is 0.504 e. The molecule has 178 valence electrons. The van der Waals surface area contributed by atoms with E-state index >= 15 is 0 Å². The smallest absolute Gasteiger partial charge is 0.232 e. The molecular weight excluding hydrogens is 570 g/mol. The number of anilines is 3. The number of nitrogens with two attached hydrogens (primary N) is 1. The van der Waals surface area contributed by atoms with Crippen LogP contribution in [0.15, 0.2) is 50.4 Å². The van der Waals surface area contributed by atoms with Gasteiger partial charge in [0.15, 0.2) is 17.3 Å². The minimum absolute atomic E-state index is 0.132. The number of rotatable bonds is 7. The zero-order valence-corrected chi connectivity index (χ0v) is 21.5. The number of phenols is 1. The number of ether oxygens (including phenoxy) is 2. The predicted molar refractivity (Wildman–Crippen MR) is 137 cm³/mol. The SMILES string of the molecule is CCOc1cc(Br)c(Br)c(C(=NN)c2nc(Nc3ccccc3)nc(N3CCOCC3)n2)c1O. The summed E-state index contributed by atoms with van der Waals surface area (Å²) in [6.45, 7) is 4.59. The van der Waals surface area contributed by atoms with Crippen LogP contribution in [0.3, 0.4) is 0 Å². The van der Waals surface area contributed by atoms with Crippen LogP contribution in [0.1, 0.15) is 18.3 Å². The second-order valence-corrected chi connectivity index (χ2v) is 8.83. The molecule has 2 heterocycles. The number of para-hydroxylation sites is 1. The minimum atomic E-state index is -0.132. The van der Waals surface area contributed by atoms with Gasteiger partial charge in [-0.15, -0.1) is 0 Å². The number of hydrazone groups is 1. The number of hydrogen-bond donors (Lipinski definition) is 3. The van der Waals surface area contributed by atoms with Gasteiger partial charge in [-0.25, -0.2) is 0 Å². The highest BCUT2D eigenvalue weighted by atomic mass is 79.9. The van der Waals surface area contributed by atoms with Crippen molar-refractivity contribution in [3.05, 3.63) is 56.7 Å². The molecule has 0 spiro atoms. The number of nitrogens with one attached hydrogen (secondary N) is 1. The second kappa shape index (κ2) is 11.0. The molecule has 3 aromatic rings. The van der Waals surface area contributed by atoms with Crippen molar-refractivity contribution in [2.75, 3.05) is 43.1 Å². The van der Waals surface area contributed by atoms with E-state index in [1.54, 1.807) is 6.07 Å². The number of halogens is 2. The zero-order valence-electron chi connectivity index (χ0n) is 18.3. The number of aromatic nitrogens is 3. The fraction of sp³-hybridized carbons (Fsp3) is 0.273. The van der Waals surface area contributed by atoms with Gasteiger partial charge in [0.05, 0.1) is 25.4 Å². The molecule has 10 nitrogen and oxygen atoms in total. The van der Waals surface area contributed by atoms with Gasteiger partial charge in [-0.2, -0.15) is 20.1 Å². The van der Waals surface area contributed by atoms with Crippen LogP contribution in [0.2, 0.25) is 0 Å². The summed E-state index contributed by atoms with van der Waals surface area (Å²) in [6.07, 6.45) is 0. The highest BCUT2D eigenvalue weighted by Crippen LogP contribution is 2.41. The number of nitrogens with zero attached hydrogens (tertiary/aromatic N) is 5. The predicted octanol–water partition coefficient (Wildman–Crippen LogP) is 3.79. The van der Waals surface area contributed by atoms with Crippen molar-refractivity contribution in [2.24, 2.45) is 10.9 Å². The third kappa shape index (κ3) is 5.24. The van der Waals surface area contributed by atoms with Crippen LogP contribution >= 0.6 is 31.9 Å². The molecule has 0 atom stereocenters. The van der Waals surface area contributed by atoms with E-state index in [1.807, 2.05) is 42.2 Å². The van der Waals surface area contributed by atoms with E-state index in [2.05, 4.69) is 57.2 Å². The third-order valence-electron chi connectivity index (χ3n) is 4.98. The number of phenolic OH excluding ortho intramolecular Hbond substituents is 1. The molecule has 0 saturated carbocycles. The molecule has 4 rings (SSSR count). The standard InChI is InChI=1S/C22H23Br2N7O3/c1-2-34-15-12-14(23)17(24)16(19(15)32)18(30-25)20-27-21(26-13-6-4-3-5-7-13)29-22(28-20)31-8-10-33-11-9-31/h3-7,12,32H,2,8-11,25H2,1H3,(H,26,27,28,29). The van der Waals surface area contributed by atoms with Crippen molar-refractivity contribution in [3.8, 4) is 11.5 Å². The lowest BCUT2D eigenvalue weighted by Crippen LogP contribution is -2.38. The van der Waals surface area contributed by atoms with E-state index in [-0.39, 0.29) is 23.0 Å². The Kier molecular flexibility index (Phi) is 7.80. The van der Waals surface area contributed by atoms with Crippen molar-refractivity contribution >= 4 is 55.2 Å². The Hall–Kier alpha value is -2.96. The van der Waals surface area contributed by atoms with Gasteiger partial charge in [-0.3, -0.25) is 0 Å². The van der Waals surface area contributed by atoms with Gasteiger partial charge in [-0.05, 0) is 57.0 Å². The van der Waals surface area contributed by atoms with Gasteiger partial charge in [0.1, 0.15) is 5.71 Å². The maximum atomic E-state index is 11.0. The first kappa shape index (κ1) is 24.2. The Morgan fingerprint density at radius 2 is 1.94 bits per heavy atom. The van der Waals surface area contributed by atoms with Crippen molar-refractivity contribution in [3.63, 3.8) is 0 Å². The summed E-state index contributed by atoms with van der Waals surface area (Å²) in [4.78, 5) is 15.8. The number of hydrogen-bond acceptors (Lipinski definition) is 10. The summed E-state index contributed by atoms with van der Waals surface area (Å²) >= 11 is 7.00. The molecule has 4 N–H and O–H groups in total. The Balaban J connectivity index is 1.84. The number of benzene rings is 2. The van der Waals surface area contributed by atoms with Crippen molar-refractivity contribution < 1.29 is 14.6 Å². The fourth-order valence-electron chi connectivity index (χ4n) is 3.39. The van der Waals surface area contributed by atoms with E-state index in [9.17, 15) is 5.11 Å². The van der Waals surface area contributed by atoms with Crippen LogP contribution in [0.5, 0.6) is 11.5 Å². The van der Waals surface area contributed by atoms with Gasteiger partial charge >= 0.3 is 0 Å². The lowest BCUT2D eigenvalue weighted by molar-refractivity contribution is 0.122. The summed E-state index contributed by atoms with van der Waals surface area (Å²) < 4.78 is 12.2. The quantitative estimate of drug-likeness (QED) is 0.213. The van der Waals surface area contributed by atoms with Gasteiger partial charge in [0.2, 0.25) is 11.9 Å². The van der Waals surface area contributed by atoms with Crippen LogP contribution < -0.4 is 20.8 Å². The monoisotopic (exact) mass is 591 g/mol. The second-order valence-electron chi connectivity index (χ2n) is 7.18. The molecule has 1 fully saturated rings. The molecule has 12 heteroatoms. The Bertz CT molecular complexity index is 1190. The molecular formula is C22H23Br2N7O3. The van der Waals surface area contributed by atoms with Gasteiger partial charge in [0, 0.05) is 27.7 Å². The van der Waals surface area contributed by atoms with E-state index in [4.69, 9.17) is 15.3 Å². The molecule has 34 heavy (non-hydrogen) atoms. The Morgan fingerprint density at radius 1 is 1.21 bits per heavy atom. The molecule has 1 saturated heterocycles. The summed E-state index contributed by atoms with van der Waals surface area (Å²) in [5.74, 6) is 6.92. The molecule has 0 bridgehead atoms. The van der Waals surface area contributed by atoms with E-state index < -0.39 is 0 Å². The van der Waals surface area contributed by atoms with Crippen LogP contribution in [-0.2, 0) is 4.74 Å². The summed E-state index contributed by atoms with van der Waals surface area (Å²) in [5, 5.41) is 18.1.